The van der Waals surface area contributed by atoms with Crippen LogP contribution in [0.4, 0.5) is 0 Å². The van der Waals surface area contributed by atoms with Gasteiger partial charge in [0.15, 0.2) is 0 Å². The molecule has 0 saturated heterocycles. The average molecular weight is 587 g/mol. The predicted octanol–water partition coefficient (Wildman–Crippen LogP) is 9.04. The van der Waals surface area contributed by atoms with E-state index in [-0.39, 0.29) is 4.88 Å². The van der Waals surface area contributed by atoms with Crippen LogP contribution in [0.15, 0.2) is 23.1 Å². The lowest BCUT2D eigenvalue weighted by atomic mass is 9.98. The van der Waals surface area contributed by atoms with Crippen LogP contribution in [-0.2, 0) is 11.2 Å². The quantitative estimate of drug-likeness (QED) is 0.173. The molecule has 1 aromatic heterocycles. The van der Waals surface area contributed by atoms with Crippen molar-refractivity contribution in [3.63, 3.8) is 0 Å². The molecular weight excluding hydrogens is 544 g/mol. The van der Waals surface area contributed by atoms with Crippen molar-refractivity contribution in [1.29, 1.82) is 0 Å². The summed E-state index contributed by atoms with van der Waals surface area (Å²) in [6.45, 7) is 9.87. The summed E-state index contributed by atoms with van der Waals surface area (Å²) in [6.07, 6.45) is 9.16. The molecule has 6 nitrogen and oxygen atoms in total. The third-order valence-corrected chi connectivity index (χ3v) is 10.4. The van der Waals surface area contributed by atoms with Crippen molar-refractivity contribution in [3.8, 4) is 11.5 Å². The third kappa shape index (κ3) is 6.71. The number of rotatable bonds is 16. The second kappa shape index (κ2) is 13.9. The molecule has 1 aliphatic heterocycles. The molecular formula is C32H42O6S2. The molecule has 8 heteroatoms. The highest BCUT2D eigenvalue weighted by atomic mass is 32.2. The van der Waals surface area contributed by atoms with E-state index in [1.54, 1.807) is 6.07 Å². The number of hydrogen-bond donors (Lipinski definition) is 2. The van der Waals surface area contributed by atoms with E-state index in [1.807, 2.05) is 12.1 Å². The van der Waals surface area contributed by atoms with Gasteiger partial charge in [-0.3, -0.25) is 4.79 Å². The fourth-order valence-electron chi connectivity index (χ4n) is 5.43. The van der Waals surface area contributed by atoms with Crippen LogP contribution in [0.25, 0.3) is 20.9 Å². The molecule has 2 aromatic carbocycles. The lowest BCUT2D eigenvalue weighted by Gasteiger charge is -2.21. The Bertz CT molecular complexity index is 1350. The number of fused-ring (bicyclic) bond motifs is 3. The number of aromatic carboxylic acids is 1. The highest BCUT2D eigenvalue weighted by molar-refractivity contribution is 8.01. The van der Waals surface area contributed by atoms with Gasteiger partial charge in [-0.15, -0.1) is 23.1 Å². The van der Waals surface area contributed by atoms with Crippen LogP contribution in [0, 0.1) is 11.8 Å². The number of aliphatic carboxylic acids is 1. The second-order valence-electron chi connectivity index (χ2n) is 10.9. The van der Waals surface area contributed by atoms with E-state index in [0.717, 1.165) is 88.4 Å². The van der Waals surface area contributed by atoms with Gasteiger partial charge in [-0.25, -0.2) is 4.79 Å². The first-order valence-electron chi connectivity index (χ1n) is 14.7. The predicted molar refractivity (Wildman–Crippen MR) is 165 cm³/mol. The SMILES string of the molecule is CCCCC(CC)COc1c2c(cc3c(OCC(CC)CCCC)c4cc(C(=O)O)sc4cc13)SC(C(=O)O)C2. The minimum atomic E-state index is -0.953. The van der Waals surface area contributed by atoms with Crippen molar-refractivity contribution < 1.29 is 29.3 Å². The van der Waals surface area contributed by atoms with Gasteiger partial charge in [0.05, 0.1) is 13.2 Å². The van der Waals surface area contributed by atoms with Crippen molar-refractivity contribution >= 4 is 55.9 Å². The van der Waals surface area contributed by atoms with Gasteiger partial charge in [-0.05, 0) is 49.3 Å². The second-order valence-corrected chi connectivity index (χ2v) is 13.2. The van der Waals surface area contributed by atoms with E-state index in [0.29, 0.717) is 37.2 Å². The van der Waals surface area contributed by atoms with E-state index < -0.39 is 17.2 Å². The van der Waals surface area contributed by atoms with Gasteiger partial charge in [0.1, 0.15) is 21.6 Å². The van der Waals surface area contributed by atoms with Crippen LogP contribution >= 0.6 is 23.1 Å². The zero-order valence-corrected chi connectivity index (χ0v) is 25.7. The number of thioether (sulfide) groups is 1. The first-order chi connectivity index (χ1) is 19.3. The van der Waals surface area contributed by atoms with Crippen LogP contribution in [-0.4, -0.2) is 40.6 Å². The van der Waals surface area contributed by atoms with Crippen molar-refractivity contribution in [2.45, 2.75) is 95.6 Å². The van der Waals surface area contributed by atoms with Crippen LogP contribution in [0.5, 0.6) is 11.5 Å². The number of thiophene rings is 1. The molecule has 218 valence electrons. The fourth-order valence-corrected chi connectivity index (χ4v) is 7.53. The molecule has 0 fully saturated rings. The van der Waals surface area contributed by atoms with E-state index in [4.69, 9.17) is 9.47 Å². The van der Waals surface area contributed by atoms with Crippen LogP contribution in [0.1, 0.15) is 94.3 Å². The Hall–Kier alpha value is -2.45. The summed E-state index contributed by atoms with van der Waals surface area (Å²) >= 11 is 2.61. The van der Waals surface area contributed by atoms with Gasteiger partial charge in [0.2, 0.25) is 0 Å². The molecule has 3 unspecified atom stereocenters. The maximum Gasteiger partial charge on any atom is 0.345 e. The molecule has 0 radical (unpaired) electrons. The smallest absolute Gasteiger partial charge is 0.345 e. The van der Waals surface area contributed by atoms with Gasteiger partial charge in [0, 0.05) is 31.3 Å². The standard InChI is InChI=1S/C32H42O6S2/c1-5-9-11-19(7-3)17-37-29-21-13-26-24(16-28(40-26)32(35)36)30(38-18-20(8-4)12-10-6-2)22(21)14-25-23(29)15-27(39-25)31(33)34/h13-15,19-20,28H,5-12,16-18H2,1-4H3,(H,33,34)(H,35,36). The van der Waals surface area contributed by atoms with E-state index in [2.05, 4.69) is 27.7 Å². The first kappa shape index (κ1) is 30.5. The number of ether oxygens (including phenoxy) is 2. The Balaban J connectivity index is 1.86. The number of carboxylic acids is 2. The monoisotopic (exact) mass is 586 g/mol. The molecule has 2 N–H and O–H groups in total. The number of hydrogen-bond acceptors (Lipinski definition) is 6. The number of carbonyl (C=O) groups is 2. The maximum absolute atomic E-state index is 12.0. The van der Waals surface area contributed by atoms with Crippen LogP contribution < -0.4 is 9.47 Å². The third-order valence-electron chi connectivity index (χ3n) is 8.07. The minimum absolute atomic E-state index is 0.272. The Morgan fingerprint density at radius 1 is 0.875 bits per heavy atom. The van der Waals surface area contributed by atoms with Gasteiger partial charge in [-0.1, -0.05) is 66.2 Å². The van der Waals surface area contributed by atoms with Crippen molar-refractivity contribution in [2.75, 3.05) is 13.2 Å². The van der Waals surface area contributed by atoms with E-state index >= 15 is 0 Å². The molecule has 0 bridgehead atoms. The Morgan fingerprint density at radius 2 is 1.48 bits per heavy atom. The van der Waals surface area contributed by atoms with Gasteiger partial charge >= 0.3 is 11.9 Å². The molecule has 1 aliphatic rings. The first-order valence-corrected chi connectivity index (χ1v) is 16.4. The molecule has 0 aliphatic carbocycles. The lowest BCUT2D eigenvalue weighted by Crippen LogP contribution is -2.16. The summed E-state index contributed by atoms with van der Waals surface area (Å²) in [6, 6.07) is 5.77. The van der Waals surface area contributed by atoms with E-state index in [9.17, 15) is 19.8 Å². The molecule has 40 heavy (non-hydrogen) atoms. The van der Waals surface area contributed by atoms with Gasteiger partial charge in [0.25, 0.3) is 0 Å². The molecule has 3 atom stereocenters. The summed E-state index contributed by atoms with van der Waals surface area (Å²) in [5.41, 5.74) is 0.935. The zero-order valence-electron chi connectivity index (χ0n) is 24.1. The minimum Gasteiger partial charge on any atom is -0.492 e. The molecule has 0 amide bonds. The highest BCUT2D eigenvalue weighted by Gasteiger charge is 2.33. The van der Waals surface area contributed by atoms with Gasteiger partial charge < -0.3 is 19.7 Å². The Morgan fingerprint density at radius 3 is 2.02 bits per heavy atom. The lowest BCUT2D eigenvalue weighted by molar-refractivity contribution is -0.136. The van der Waals surface area contributed by atoms with Gasteiger partial charge in [-0.2, -0.15) is 0 Å². The van der Waals surface area contributed by atoms with Crippen LogP contribution in [0.2, 0.25) is 0 Å². The number of unbranched alkanes of at least 4 members (excludes halogenated alkanes) is 2. The van der Waals surface area contributed by atoms with Crippen molar-refractivity contribution in [3.05, 3.63) is 28.6 Å². The summed E-state index contributed by atoms with van der Waals surface area (Å²) < 4.78 is 14.1. The van der Waals surface area contributed by atoms with E-state index in [1.165, 1.54) is 23.1 Å². The Labute approximate surface area is 245 Å². The molecule has 0 saturated carbocycles. The fraction of sp³-hybridized carbons (Fsp3) is 0.562. The normalized spacial score (nSPS) is 16.2. The van der Waals surface area contributed by atoms with Crippen LogP contribution in [0.3, 0.4) is 0 Å². The highest BCUT2D eigenvalue weighted by Crippen LogP contribution is 2.50. The molecule has 4 rings (SSSR count). The van der Waals surface area contributed by atoms with Crippen molar-refractivity contribution in [2.24, 2.45) is 11.8 Å². The summed E-state index contributed by atoms with van der Waals surface area (Å²) in [4.78, 5) is 25.1. The summed E-state index contributed by atoms with van der Waals surface area (Å²) in [5.74, 6) is 0.452. The topological polar surface area (TPSA) is 93.1 Å². The Kier molecular flexibility index (Phi) is 10.6. The average Bonchev–Trinajstić information content (AvgIpc) is 3.57. The molecule has 2 heterocycles. The molecule has 0 spiro atoms. The number of carboxylic acid groups (broad SMARTS) is 2. The van der Waals surface area contributed by atoms with Crippen molar-refractivity contribution in [1.82, 2.24) is 0 Å². The zero-order chi connectivity index (χ0) is 28.8. The maximum atomic E-state index is 12.0. The largest absolute Gasteiger partial charge is 0.492 e. The summed E-state index contributed by atoms with van der Waals surface area (Å²) in [5, 5.41) is 21.6. The number of benzene rings is 2. The molecule has 3 aromatic rings. The summed E-state index contributed by atoms with van der Waals surface area (Å²) in [7, 11) is 0.